The van der Waals surface area contributed by atoms with Crippen LogP contribution in [0, 0.1) is 5.82 Å². The molecule has 8 nitrogen and oxygen atoms in total. The molecule has 0 aliphatic heterocycles. The highest BCUT2D eigenvalue weighted by molar-refractivity contribution is 5.84. The summed E-state index contributed by atoms with van der Waals surface area (Å²) in [5.74, 6) is 0.407. The van der Waals surface area contributed by atoms with E-state index in [1.54, 1.807) is 56.0 Å². The summed E-state index contributed by atoms with van der Waals surface area (Å²) in [4.78, 5) is 30.6. The fourth-order valence-corrected chi connectivity index (χ4v) is 5.07. The van der Waals surface area contributed by atoms with Gasteiger partial charge in [0.05, 0.1) is 5.39 Å². The predicted molar refractivity (Wildman–Crippen MR) is 175 cm³/mol. The first-order chi connectivity index (χ1) is 21.1. The molecule has 1 aromatic carbocycles. The topological polar surface area (TPSA) is 101 Å². The van der Waals surface area contributed by atoms with Crippen molar-refractivity contribution in [2.75, 3.05) is 11.9 Å². The van der Waals surface area contributed by atoms with Crippen molar-refractivity contribution >= 4 is 33.5 Å². The average molecular weight is 596 g/mol. The van der Waals surface area contributed by atoms with Gasteiger partial charge in [-0.05, 0) is 83.2 Å². The van der Waals surface area contributed by atoms with Gasteiger partial charge in [-0.2, -0.15) is 0 Å². The van der Waals surface area contributed by atoms with Crippen molar-refractivity contribution in [2.45, 2.75) is 51.6 Å². The third-order valence-corrected chi connectivity index (χ3v) is 7.66. The minimum Gasteiger partial charge on any atom is -0.396 e. The molecule has 0 unspecified atom stereocenters. The summed E-state index contributed by atoms with van der Waals surface area (Å²) >= 11 is 0. The molecule has 44 heavy (non-hydrogen) atoms. The van der Waals surface area contributed by atoms with Gasteiger partial charge in [0.2, 0.25) is 0 Å². The molecular weight excluding hydrogens is 557 g/mol. The Morgan fingerprint density at radius 2 is 1.98 bits per heavy atom. The molecule has 1 fully saturated rings. The Labute approximate surface area is 255 Å². The molecule has 3 heterocycles. The van der Waals surface area contributed by atoms with E-state index in [4.69, 9.17) is 0 Å². The summed E-state index contributed by atoms with van der Waals surface area (Å²) in [7, 11) is 1.66. The third kappa shape index (κ3) is 7.12. The van der Waals surface area contributed by atoms with Gasteiger partial charge in [0.15, 0.2) is 0 Å². The van der Waals surface area contributed by atoms with Gasteiger partial charge in [0, 0.05) is 50.5 Å². The highest BCUT2D eigenvalue weighted by atomic mass is 19.1. The van der Waals surface area contributed by atoms with Crippen LogP contribution in [0.4, 0.5) is 15.9 Å². The maximum Gasteiger partial charge on any atom is 0.274 e. The maximum absolute atomic E-state index is 14.9. The van der Waals surface area contributed by atoms with E-state index in [0.717, 1.165) is 35.1 Å². The van der Waals surface area contributed by atoms with E-state index in [1.165, 1.54) is 15.2 Å². The Morgan fingerprint density at radius 1 is 1.18 bits per heavy atom. The lowest BCUT2D eigenvalue weighted by atomic mass is 10.0. The minimum atomic E-state index is -0.515. The van der Waals surface area contributed by atoms with Crippen molar-refractivity contribution in [3.63, 3.8) is 0 Å². The van der Waals surface area contributed by atoms with E-state index in [9.17, 15) is 19.1 Å². The van der Waals surface area contributed by atoms with Crippen LogP contribution in [0.15, 0.2) is 89.4 Å². The van der Waals surface area contributed by atoms with Gasteiger partial charge >= 0.3 is 0 Å². The smallest absolute Gasteiger partial charge is 0.274 e. The molecule has 4 aromatic rings. The number of hydrogen-bond acceptors (Lipinski definition) is 6. The highest BCUT2D eigenvalue weighted by Gasteiger charge is 2.25. The normalized spacial score (nSPS) is 13.7. The third-order valence-electron chi connectivity index (χ3n) is 7.66. The maximum atomic E-state index is 14.9. The second-order valence-corrected chi connectivity index (χ2v) is 11.5. The van der Waals surface area contributed by atoms with Crippen molar-refractivity contribution in [3.8, 4) is 0 Å². The van der Waals surface area contributed by atoms with Crippen molar-refractivity contribution in [1.82, 2.24) is 19.4 Å². The first-order valence-electron chi connectivity index (χ1n) is 14.8. The fourth-order valence-electron chi connectivity index (χ4n) is 5.07. The van der Waals surface area contributed by atoms with Gasteiger partial charge < -0.3 is 20.3 Å². The molecule has 1 aliphatic carbocycles. The van der Waals surface area contributed by atoms with Gasteiger partial charge in [-0.1, -0.05) is 44.7 Å². The first kappa shape index (κ1) is 30.8. The van der Waals surface area contributed by atoms with E-state index in [2.05, 4.69) is 36.0 Å². The van der Waals surface area contributed by atoms with E-state index < -0.39 is 11.4 Å². The van der Waals surface area contributed by atoms with E-state index in [-0.39, 0.29) is 17.6 Å². The number of pyridine rings is 3. The summed E-state index contributed by atoms with van der Waals surface area (Å²) in [5.41, 5.74) is 3.49. The van der Waals surface area contributed by atoms with Gasteiger partial charge in [0.25, 0.3) is 11.1 Å². The summed E-state index contributed by atoms with van der Waals surface area (Å²) in [5, 5.41) is 16.9. The number of allylic oxidation sites excluding steroid dienone is 4. The second-order valence-electron chi connectivity index (χ2n) is 11.5. The van der Waals surface area contributed by atoms with Crippen LogP contribution in [-0.2, 0) is 13.6 Å². The largest absolute Gasteiger partial charge is 0.396 e. The number of benzene rings is 1. The molecule has 0 spiro atoms. The summed E-state index contributed by atoms with van der Waals surface area (Å²) in [6, 6.07) is 11.0. The van der Waals surface area contributed by atoms with E-state index in [1.807, 2.05) is 18.2 Å². The number of anilines is 2. The number of nitrogens with one attached hydrogen (secondary N) is 2. The quantitative estimate of drug-likeness (QED) is 0.178. The van der Waals surface area contributed by atoms with Crippen molar-refractivity contribution in [3.05, 3.63) is 123 Å². The average Bonchev–Trinajstić information content (AvgIpc) is 3.84. The number of rotatable bonds is 12. The highest BCUT2D eigenvalue weighted by Crippen LogP contribution is 2.41. The molecule has 0 atom stereocenters. The lowest BCUT2D eigenvalue weighted by Gasteiger charge is -2.13. The van der Waals surface area contributed by atoms with Gasteiger partial charge in [0.1, 0.15) is 17.3 Å². The van der Waals surface area contributed by atoms with Crippen LogP contribution >= 0.6 is 0 Å². The molecule has 3 aromatic heterocycles. The number of nitrogens with zero attached hydrogens (tertiary/aromatic N) is 3. The zero-order chi connectivity index (χ0) is 31.4. The second kappa shape index (κ2) is 13.4. The monoisotopic (exact) mass is 595 g/mol. The van der Waals surface area contributed by atoms with Crippen LogP contribution in [0.3, 0.4) is 0 Å². The zero-order valence-corrected chi connectivity index (χ0v) is 25.3. The standard InChI is InChI=1S/C35H38FN5O3/c1-22(2)37-19-24-8-11-32(38-20-24)39-31-18-29(21-40(4)34(31)43)25(13-15-42)7-5-6-23(3)41-14-12-27-16-28(26-9-10-26)17-30(36)33(27)35(41)44/h5-8,11-12,14,16-18,20-22,26,37,42H,3,9-10,13,15,19H2,1-2,4H3,(H,38,39)/b6-5-,25-7+. The Bertz CT molecular complexity index is 1860. The van der Waals surface area contributed by atoms with Crippen LogP contribution in [0.5, 0.6) is 0 Å². The van der Waals surface area contributed by atoms with Gasteiger partial charge in [-0.15, -0.1) is 0 Å². The summed E-state index contributed by atoms with van der Waals surface area (Å²) in [6.45, 7) is 8.77. The molecule has 1 saturated carbocycles. The molecule has 0 amide bonds. The fraction of sp³-hybridized carbons (Fsp3) is 0.286. The van der Waals surface area contributed by atoms with Crippen LogP contribution in [0.25, 0.3) is 22.0 Å². The van der Waals surface area contributed by atoms with Crippen molar-refractivity contribution < 1.29 is 9.50 Å². The lowest BCUT2D eigenvalue weighted by Crippen LogP contribution is -2.22. The molecular formula is C35H38FN5O3. The number of aryl methyl sites for hydroxylation is 1. The minimum absolute atomic E-state index is 0.0459. The summed E-state index contributed by atoms with van der Waals surface area (Å²) < 4.78 is 17.7. The number of hydrogen-bond donors (Lipinski definition) is 3. The van der Waals surface area contributed by atoms with Crippen molar-refractivity contribution in [2.24, 2.45) is 7.05 Å². The Hall–Kier alpha value is -4.60. The van der Waals surface area contributed by atoms with Crippen LogP contribution in [-0.4, -0.2) is 31.9 Å². The van der Waals surface area contributed by atoms with Crippen LogP contribution in [0.2, 0.25) is 0 Å². The number of aromatic nitrogens is 3. The lowest BCUT2D eigenvalue weighted by molar-refractivity contribution is 0.305. The van der Waals surface area contributed by atoms with E-state index >= 15 is 0 Å². The molecule has 9 heteroatoms. The summed E-state index contributed by atoms with van der Waals surface area (Å²) in [6.07, 6.45) is 12.7. The molecule has 5 rings (SSSR count). The molecule has 0 bridgehead atoms. The molecule has 0 radical (unpaired) electrons. The molecule has 1 aliphatic rings. The van der Waals surface area contributed by atoms with Crippen LogP contribution in [0.1, 0.15) is 55.7 Å². The molecule has 228 valence electrons. The predicted octanol–water partition coefficient (Wildman–Crippen LogP) is 5.85. The number of halogens is 1. The Balaban J connectivity index is 1.37. The Kier molecular flexibility index (Phi) is 9.37. The van der Waals surface area contributed by atoms with Crippen LogP contribution < -0.4 is 21.8 Å². The molecule has 0 saturated heterocycles. The SMILES string of the molecule is C=C(/C=C\C=C(/CCO)c1cc(Nc2ccc(CNC(C)C)cn2)c(=O)n(C)c1)n1ccc2cc(C3CC3)cc(F)c2c1=O. The zero-order valence-electron chi connectivity index (χ0n) is 25.3. The van der Waals surface area contributed by atoms with Gasteiger partial charge in [-0.3, -0.25) is 14.2 Å². The van der Waals surface area contributed by atoms with Crippen molar-refractivity contribution in [1.29, 1.82) is 0 Å². The number of fused-ring (bicyclic) bond motifs is 1. The Morgan fingerprint density at radius 3 is 2.66 bits per heavy atom. The number of aliphatic hydroxyl groups is 1. The first-order valence-corrected chi connectivity index (χ1v) is 14.8. The van der Waals surface area contributed by atoms with Gasteiger partial charge in [-0.25, -0.2) is 9.37 Å². The molecule has 3 N–H and O–H groups in total. The van der Waals surface area contributed by atoms with E-state index in [0.29, 0.717) is 47.5 Å². The number of aliphatic hydroxyl groups excluding tert-OH is 1.